The van der Waals surface area contributed by atoms with Crippen LogP contribution in [0.3, 0.4) is 0 Å². The zero-order valence-corrected chi connectivity index (χ0v) is 10.6. The van der Waals surface area contributed by atoms with Gasteiger partial charge in [0.15, 0.2) is 0 Å². The Labute approximate surface area is 104 Å². The molecule has 0 aliphatic carbocycles. The second-order valence-electron chi connectivity index (χ2n) is 4.29. The minimum atomic E-state index is -0.234. The number of hydrogen-bond donors (Lipinski definition) is 2. The zero-order chi connectivity index (χ0) is 11.5. The van der Waals surface area contributed by atoms with Gasteiger partial charge in [-0.15, -0.1) is 0 Å². The number of benzene rings is 1. The van der Waals surface area contributed by atoms with Gasteiger partial charge in [-0.1, -0.05) is 6.07 Å². The van der Waals surface area contributed by atoms with Gasteiger partial charge in [-0.2, -0.15) is 0 Å². The van der Waals surface area contributed by atoms with Gasteiger partial charge < -0.3 is 11.1 Å². The van der Waals surface area contributed by atoms with Crippen LogP contribution in [0.1, 0.15) is 24.4 Å². The highest BCUT2D eigenvalue weighted by Gasteiger charge is 2.22. The maximum absolute atomic E-state index is 13.4. The molecule has 1 fully saturated rings. The van der Waals surface area contributed by atoms with Gasteiger partial charge >= 0.3 is 0 Å². The first-order valence-electron chi connectivity index (χ1n) is 5.59. The van der Waals surface area contributed by atoms with Crippen molar-refractivity contribution in [3.63, 3.8) is 0 Å². The van der Waals surface area contributed by atoms with E-state index in [1.165, 1.54) is 6.07 Å². The van der Waals surface area contributed by atoms with E-state index in [1.807, 2.05) is 6.07 Å². The third-order valence-electron chi connectivity index (χ3n) is 3.22. The summed E-state index contributed by atoms with van der Waals surface area (Å²) < 4.78 is 13.9. The molecule has 1 heterocycles. The normalized spacial score (nSPS) is 19.7. The van der Waals surface area contributed by atoms with Crippen LogP contribution in [0.4, 0.5) is 4.39 Å². The van der Waals surface area contributed by atoms with E-state index in [4.69, 9.17) is 5.73 Å². The molecule has 0 radical (unpaired) electrons. The van der Waals surface area contributed by atoms with Gasteiger partial charge in [-0.3, -0.25) is 0 Å². The summed E-state index contributed by atoms with van der Waals surface area (Å²) in [5, 5.41) is 3.30. The van der Waals surface area contributed by atoms with Crippen molar-refractivity contribution in [2.45, 2.75) is 18.9 Å². The summed E-state index contributed by atoms with van der Waals surface area (Å²) in [4.78, 5) is 0. The molecular formula is C12H16BrFN2. The quantitative estimate of drug-likeness (QED) is 0.877. The van der Waals surface area contributed by atoms with E-state index < -0.39 is 0 Å². The lowest BCUT2D eigenvalue weighted by molar-refractivity contribution is 0.321. The molecule has 0 aromatic heterocycles. The topological polar surface area (TPSA) is 38.0 Å². The lowest BCUT2D eigenvalue weighted by atomic mass is 9.86. The number of piperidine rings is 1. The molecule has 1 saturated heterocycles. The van der Waals surface area contributed by atoms with Crippen LogP contribution in [-0.2, 0) is 0 Å². The lowest BCUT2D eigenvalue weighted by Gasteiger charge is -2.28. The molecule has 4 heteroatoms. The summed E-state index contributed by atoms with van der Waals surface area (Å²) in [6, 6.07) is 5.12. The maximum atomic E-state index is 13.4. The molecule has 2 rings (SSSR count). The number of nitrogens with two attached hydrogens (primary N) is 1. The van der Waals surface area contributed by atoms with Crippen molar-refractivity contribution in [3.8, 4) is 0 Å². The Balaban J connectivity index is 2.12. The maximum Gasteiger partial charge on any atom is 0.137 e. The molecule has 1 aliphatic heterocycles. The Kier molecular flexibility index (Phi) is 3.95. The second kappa shape index (κ2) is 5.25. The van der Waals surface area contributed by atoms with Gasteiger partial charge in [-0.05, 0) is 65.5 Å². The molecule has 0 bridgehead atoms. The molecule has 0 spiro atoms. The molecule has 16 heavy (non-hydrogen) atoms. The Bertz CT molecular complexity index is 364. The second-order valence-corrected chi connectivity index (χ2v) is 5.14. The van der Waals surface area contributed by atoms with Crippen LogP contribution in [0.25, 0.3) is 0 Å². The fourth-order valence-corrected chi connectivity index (χ4v) is 2.44. The molecular weight excluding hydrogens is 271 g/mol. The first-order chi connectivity index (χ1) is 7.68. The summed E-state index contributed by atoms with van der Waals surface area (Å²) >= 11 is 3.15. The van der Waals surface area contributed by atoms with Gasteiger partial charge in [0.25, 0.3) is 0 Å². The Morgan fingerprint density at radius 2 is 2.06 bits per heavy atom. The third-order valence-corrected chi connectivity index (χ3v) is 3.86. The minimum absolute atomic E-state index is 0.0512. The first kappa shape index (κ1) is 12.0. The van der Waals surface area contributed by atoms with Crippen molar-refractivity contribution in [1.82, 2.24) is 5.32 Å². The van der Waals surface area contributed by atoms with Crippen molar-refractivity contribution < 1.29 is 4.39 Å². The molecule has 1 aliphatic rings. The summed E-state index contributed by atoms with van der Waals surface area (Å²) in [5.74, 6) is 0.226. The first-order valence-corrected chi connectivity index (χ1v) is 6.39. The van der Waals surface area contributed by atoms with E-state index in [-0.39, 0.29) is 11.9 Å². The van der Waals surface area contributed by atoms with Crippen LogP contribution in [0.15, 0.2) is 22.7 Å². The van der Waals surface area contributed by atoms with E-state index in [0.717, 1.165) is 31.5 Å². The minimum Gasteiger partial charge on any atom is -0.324 e. The number of hydrogen-bond acceptors (Lipinski definition) is 2. The van der Waals surface area contributed by atoms with E-state index in [0.29, 0.717) is 10.4 Å². The predicted octanol–water partition coefficient (Wildman–Crippen LogP) is 2.59. The van der Waals surface area contributed by atoms with Crippen molar-refractivity contribution >= 4 is 15.9 Å². The van der Waals surface area contributed by atoms with Gasteiger partial charge in [0, 0.05) is 6.04 Å². The summed E-state index contributed by atoms with van der Waals surface area (Å²) in [5.41, 5.74) is 7.07. The van der Waals surface area contributed by atoms with Crippen LogP contribution >= 0.6 is 15.9 Å². The average Bonchev–Trinajstić information content (AvgIpc) is 2.33. The highest BCUT2D eigenvalue weighted by molar-refractivity contribution is 9.10. The molecule has 1 aromatic rings. The van der Waals surface area contributed by atoms with Crippen LogP contribution in [0, 0.1) is 11.7 Å². The molecule has 3 N–H and O–H groups in total. The summed E-state index contributed by atoms with van der Waals surface area (Å²) in [7, 11) is 0. The Hall–Kier alpha value is -0.450. The highest BCUT2D eigenvalue weighted by atomic mass is 79.9. The van der Waals surface area contributed by atoms with Crippen molar-refractivity contribution in [2.24, 2.45) is 11.7 Å². The SMILES string of the molecule is N[C@@H](c1ccc(Br)c(F)c1)C1CCNCC1. The molecule has 0 unspecified atom stereocenters. The zero-order valence-electron chi connectivity index (χ0n) is 9.05. The Morgan fingerprint density at radius 3 is 2.69 bits per heavy atom. The average molecular weight is 287 g/mol. The van der Waals surface area contributed by atoms with Crippen LogP contribution in [0.5, 0.6) is 0 Å². The summed E-state index contributed by atoms with van der Waals surface area (Å²) in [6.07, 6.45) is 2.14. The lowest BCUT2D eigenvalue weighted by Crippen LogP contribution is -2.33. The standard InChI is InChI=1S/C12H16BrFN2/c13-10-2-1-9(7-11(10)14)12(15)8-3-5-16-6-4-8/h1-2,7-8,12,16H,3-6,15H2/t12-/m1/s1. The summed E-state index contributed by atoms with van der Waals surface area (Å²) in [6.45, 7) is 2.02. The fourth-order valence-electron chi connectivity index (χ4n) is 2.20. The third kappa shape index (κ3) is 2.62. The smallest absolute Gasteiger partial charge is 0.137 e. The van der Waals surface area contributed by atoms with Crippen molar-refractivity contribution in [3.05, 3.63) is 34.1 Å². The Morgan fingerprint density at radius 1 is 1.38 bits per heavy atom. The van der Waals surface area contributed by atoms with Gasteiger partial charge in [0.2, 0.25) is 0 Å². The molecule has 0 saturated carbocycles. The number of rotatable bonds is 2. The van der Waals surface area contributed by atoms with E-state index >= 15 is 0 Å². The van der Waals surface area contributed by atoms with Crippen LogP contribution in [-0.4, -0.2) is 13.1 Å². The molecule has 1 atom stereocenters. The molecule has 1 aromatic carbocycles. The van der Waals surface area contributed by atoms with Gasteiger partial charge in [0.05, 0.1) is 4.47 Å². The van der Waals surface area contributed by atoms with Crippen LogP contribution < -0.4 is 11.1 Å². The van der Waals surface area contributed by atoms with Crippen molar-refractivity contribution in [2.75, 3.05) is 13.1 Å². The predicted molar refractivity (Wildman–Crippen MR) is 66.6 cm³/mol. The number of nitrogens with one attached hydrogen (secondary N) is 1. The highest BCUT2D eigenvalue weighted by Crippen LogP contribution is 2.28. The molecule has 2 nitrogen and oxygen atoms in total. The monoisotopic (exact) mass is 286 g/mol. The number of halogens is 2. The fraction of sp³-hybridized carbons (Fsp3) is 0.500. The van der Waals surface area contributed by atoms with Crippen LogP contribution in [0.2, 0.25) is 0 Å². The van der Waals surface area contributed by atoms with Gasteiger partial charge in [-0.25, -0.2) is 4.39 Å². The van der Waals surface area contributed by atoms with Crippen molar-refractivity contribution in [1.29, 1.82) is 0 Å². The van der Waals surface area contributed by atoms with E-state index in [2.05, 4.69) is 21.2 Å². The molecule has 88 valence electrons. The molecule has 0 amide bonds. The van der Waals surface area contributed by atoms with E-state index in [1.54, 1.807) is 6.07 Å². The van der Waals surface area contributed by atoms with Gasteiger partial charge in [0.1, 0.15) is 5.82 Å². The largest absolute Gasteiger partial charge is 0.324 e. The van der Waals surface area contributed by atoms with E-state index in [9.17, 15) is 4.39 Å².